The van der Waals surface area contributed by atoms with E-state index in [2.05, 4.69) is 5.84 Å². The Morgan fingerprint density at radius 3 is 1.90 bits per heavy atom. The van der Waals surface area contributed by atoms with E-state index in [4.69, 9.17) is 5.11 Å². The van der Waals surface area contributed by atoms with Gasteiger partial charge in [0.2, 0.25) is 0 Å². The van der Waals surface area contributed by atoms with E-state index >= 15 is 0 Å². The van der Waals surface area contributed by atoms with Crippen molar-refractivity contribution in [2.45, 2.75) is 0 Å². The van der Waals surface area contributed by atoms with Crippen molar-refractivity contribution in [2.24, 2.45) is 5.84 Å². The number of nitrogens with one attached hydrogen (secondary N) is 1. The molecule has 0 unspecified atom stereocenters. The fourth-order valence-electron chi connectivity index (χ4n) is 0.168. The number of carbonyl (C=O) groups excluding carboxylic acids is 1. The molecule has 0 amide bonds. The lowest BCUT2D eigenvalue weighted by atomic mass is 10.8. The summed E-state index contributed by atoms with van der Waals surface area (Å²) in [5.41, 5.74) is 0. The van der Waals surface area contributed by atoms with Gasteiger partial charge in [0.1, 0.15) is 0 Å². The molecular formula is C2H4N2O5S. The molecule has 0 aliphatic heterocycles. The van der Waals surface area contributed by atoms with E-state index in [0.717, 1.165) is 4.83 Å². The minimum Gasteiger partial charge on any atom is -0.475 e. The van der Waals surface area contributed by atoms with Crippen LogP contribution in [0.2, 0.25) is 0 Å². The fraction of sp³-hybridized carbons (Fsp3) is 0. The van der Waals surface area contributed by atoms with Crippen LogP contribution in [0.5, 0.6) is 0 Å². The summed E-state index contributed by atoms with van der Waals surface area (Å²) in [6, 6.07) is 0. The number of carboxylic acid groups (broad SMARTS) is 1. The van der Waals surface area contributed by atoms with E-state index < -0.39 is 21.1 Å². The quantitative estimate of drug-likeness (QED) is 0.223. The summed E-state index contributed by atoms with van der Waals surface area (Å²) in [4.78, 5) is 20.8. The zero-order valence-corrected chi connectivity index (χ0v) is 5.38. The molecule has 0 saturated heterocycles. The molecule has 4 N–H and O–H groups in total. The highest BCUT2D eigenvalue weighted by Gasteiger charge is 2.27. The molecular weight excluding hydrogens is 164 g/mol. The number of aliphatic carboxylic acids is 1. The number of rotatable bonds is 1. The Labute approximate surface area is 55.8 Å². The van der Waals surface area contributed by atoms with Gasteiger partial charge in [-0.05, 0) is 0 Å². The van der Waals surface area contributed by atoms with E-state index in [0.29, 0.717) is 0 Å². The third kappa shape index (κ3) is 1.76. The smallest absolute Gasteiger partial charge is 0.390 e. The number of carboxylic acids is 1. The predicted octanol–water partition coefficient (Wildman–Crippen LogP) is -2.61. The Morgan fingerprint density at radius 1 is 1.40 bits per heavy atom. The number of nitrogens with two attached hydrogens (primary N) is 1. The molecule has 0 rings (SSSR count). The molecule has 0 bridgehead atoms. The van der Waals surface area contributed by atoms with Crippen molar-refractivity contribution in [1.29, 1.82) is 0 Å². The first-order valence-electron chi connectivity index (χ1n) is 1.91. The van der Waals surface area contributed by atoms with Gasteiger partial charge in [-0.1, -0.05) is 0 Å². The topological polar surface area (TPSA) is 127 Å². The molecule has 58 valence electrons. The first-order valence-corrected chi connectivity index (χ1v) is 3.40. The van der Waals surface area contributed by atoms with Gasteiger partial charge in [0.25, 0.3) is 10.0 Å². The maximum absolute atomic E-state index is 10.2. The van der Waals surface area contributed by atoms with Gasteiger partial charge in [-0.3, -0.25) is 10.6 Å². The van der Waals surface area contributed by atoms with Crippen molar-refractivity contribution < 1.29 is 23.1 Å². The summed E-state index contributed by atoms with van der Waals surface area (Å²) in [5.74, 6) is 2.25. The van der Waals surface area contributed by atoms with Gasteiger partial charge in [0.15, 0.2) is 0 Å². The van der Waals surface area contributed by atoms with Crippen molar-refractivity contribution >= 4 is 21.1 Å². The Balaban J connectivity index is 4.70. The normalized spacial score (nSPS) is 10.9. The third-order valence-electron chi connectivity index (χ3n) is 0.574. The van der Waals surface area contributed by atoms with Gasteiger partial charge < -0.3 is 5.11 Å². The molecule has 0 radical (unpaired) electrons. The number of hydrazine groups is 1. The van der Waals surface area contributed by atoms with Crippen molar-refractivity contribution in [3.8, 4) is 0 Å². The lowest BCUT2D eigenvalue weighted by Crippen LogP contribution is -2.39. The summed E-state index contributed by atoms with van der Waals surface area (Å²) in [6.07, 6.45) is 0. The molecule has 0 spiro atoms. The van der Waals surface area contributed by atoms with Crippen LogP contribution in [0, 0.1) is 0 Å². The molecule has 0 aliphatic carbocycles. The van der Waals surface area contributed by atoms with Gasteiger partial charge in [0.05, 0.1) is 0 Å². The minimum absolute atomic E-state index is 1.06. The highest BCUT2D eigenvalue weighted by atomic mass is 32.2. The number of carbonyl (C=O) groups is 2. The Hall–Kier alpha value is -0.990. The molecule has 0 fully saturated rings. The summed E-state index contributed by atoms with van der Waals surface area (Å²) in [5, 5.41) is 5.85. The fourth-order valence-corrected chi connectivity index (χ4v) is 0.505. The molecule has 0 saturated carbocycles. The monoisotopic (exact) mass is 168 g/mol. The first kappa shape index (κ1) is 9.01. The lowest BCUT2D eigenvalue weighted by molar-refractivity contribution is -0.145. The van der Waals surface area contributed by atoms with Gasteiger partial charge in [0, 0.05) is 0 Å². The minimum atomic E-state index is -4.51. The van der Waals surface area contributed by atoms with Crippen molar-refractivity contribution in [3.63, 3.8) is 0 Å². The maximum Gasteiger partial charge on any atom is 0.390 e. The van der Waals surface area contributed by atoms with Crippen molar-refractivity contribution in [3.05, 3.63) is 0 Å². The van der Waals surface area contributed by atoms with E-state index in [-0.39, 0.29) is 0 Å². The molecule has 7 nitrogen and oxygen atoms in total. The zero-order valence-electron chi connectivity index (χ0n) is 4.57. The highest BCUT2D eigenvalue weighted by molar-refractivity contribution is 8.06. The summed E-state index contributed by atoms with van der Waals surface area (Å²) in [6.45, 7) is 0. The van der Waals surface area contributed by atoms with Crippen LogP contribution in [-0.2, 0) is 19.6 Å². The van der Waals surface area contributed by atoms with Crippen LogP contribution in [0.15, 0.2) is 0 Å². The van der Waals surface area contributed by atoms with E-state index in [1.807, 2.05) is 0 Å². The van der Waals surface area contributed by atoms with E-state index in [1.54, 1.807) is 0 Å². The average Bonchev–Trinajstić information content (AvgIpc) is 1.86. The van der Waals surface area contributed by atoms with Crippen LogP contribution < -0.4 is 10.7 Å². The van der Waals surface area contributed by atoms with Gasteiger partial charge in [-0.2, -0.15) is 0 Å². The lowest BCUT2D eigenvalue weighted by Gasteiger charge is -1.93. The van der Waals surface area contributed by atoms with Crippen LogP contribution in [0.3, 0.4) is 0 Å². The van der Waals surface area contributed by atoms with Gasteiger partial charge in [-0.25, -0.2) is 13.2 Å². The molecule has 0 aromatic heterocycles. The predicted molar refractivity (Wildman–Crippen MR) is 28.9 cm³/mol. The van der Waals surface area contributed by atoms with Crippen LogP contribution in [0.1, 0.15) is 0 Å². The molecule has 0 atom stereocenters. The highest BCUT2D eigenvalue weighted by Crippen LogP contribution is 1.82. The molecule has 0 aromatic carbocycles. The summed E-state index contributed by atoms with van der Waals surface area (Å²) >= 11 is 0. The van der Waals surface area contributed by atoms with Gasteiger partial charge >= 0.3 is 11.1 Å². The summed E-state index contributed by atoms with van der Waals surface area (Å²) in [7, 11) is -4.51. The first-order chi connectivity index (χ1) is 4.41. The standard InChI is InChI=1S/C2H4N2O5S/c3-4-10(8,9)2(7)1(5)6/h4H,3H2,(H,5,6). The second-order valence-electron chi connectivity index (χ2n) is 1.21. The largest absolute Gasteiger partial charge is 0.475 e. The van der Waals surface area contributed by atoms with E-state index in [9.17, 15) is 18.0 Å². The Bertz CT molecular complexity index is 253. The average molecular weight is 168 g/mol. The SMILES string of the molecule is NNS(=O)(=O)C(=O)C(=O)O. The van der Waals surface area contributed by atoms with Crippen LogP contribution in [-0.4, -0.2) is 24.6 Å². The van der Waals surface area contributed by atoms with Crippen LogP contribution >= 0.6 is 0 Å². The number of hydrogen-bond acceptors (Lipinski definition) is 5. The van der Waals surface area contributed by atoms with Gasteiger partial charge in [-0.15, -0.1) is 4.83 Å². The molecule has 10 heavy (non-hydrogen) atoms. The van der Waals surface area contributed by atoms with E-state index in [1.165, 1.54) is 0 Å². The second kappa shape index (κ2) is 2.73. The molecule has 0 heterocycles. The van der Waals surface area contributed by atoms with Crippen LogP contribution in [0.4, 0.5) is 0 Å². The third-order valence-corrected chi connectivity index (χ3v) is 1.55. The van der Waals surface area contributed by atoms with Crippen LogP contribution in [0.25, 0.3) is 0 Å². The number of hydrogen-bond donors (Lipinski definition) is 3. The zero-order chi connectivity index (χ0) is 8.36. The maximum atomic E-state index is 10.2. The van der Waals surface area contributed by atoms with Crippen molar-refractivity contribution in [1.82, 2.24) is 4.83 Å². The Morgan fingerprint density at radius 2 is 1.80 bits per heavy atom. The molecule has 0 aliphatic rings. The molecule has 8 heteroatoms. The van der Waals surface area contributed by atoms with Crippen molar-refractivity contribution in [2.75, 3.05) is 0 Å². The number of sulfonamides is 1. The Kier molecular flexibility index (Phi) is 2.46. The molecule has 0 aromatic rings. The summed E-state index contributed by atoms with van der Waals surface area (Å²) < 4.78 is 20.3. The second-order valence-corrected chi connectivity index (χ2v) is 2.83.